The average molecular weight is 259 g/mol. The molecule has 19 heavy (non-hydrogen) atoms. The van der Waals surface area contributed by atoms with Crippen LogP contribution in [0.1, 0.15) is 31.0 Å². The van der Waals surface area contributed by atoms with E-state index < -0.39 is 6.04 Å². The molecule has 0 amide bonds. The van der Waals surface area contributed by atoms with Crippen molar-refractivity contribution in [1.82, 2.24) is 0 Å². The van der Waals surface area contributed by atoms with E-state index in [1.54, 1.807) is 19.1 Å². The fourth-order valence-corrected chi connectivity index (χ4v) is 1.97. The third kappa shape index (κ3) is 3.12. The number of hydrogen-bond acceptors (Lipinski definition) is 2. The van der Waals surface area contributed by atoms with Crippen molar-refractivity contribution in [3.8, 4) is 11.5 Å². The molecule has 0 radical (unpaired) electrons. The quantitative estimate of drug-likeness (QED) is 0.893. The molecule has 2 N–H and O–H groups in total. The Morgan fingerprint density at radius 1 is 1.16 bits per heavy atom. The van der Waals surface area contributed by atoms with Gasteiger partial charge in [-0.1, -0.05) is 25.1 Å². The molecule has 0 aliphatic carbocycles. The van der Waals surface area contributed by atoms with E-state index in [0.29, 0.717) is 17.1 Å². The van der Waals surface area contributed by atoms with Gasteiger partial charge in [-0.15, -0.1) is 0 Å². The lowest BCUT2D eigenvalue weighted by molar-refractivity contribution is 0.460. The molecule has 0 saturated carbocycles. The van der Waals surface area contributed by atoms with Crippen molar-refractivity contribution in [2.45, 2.75) is 26.3 Å². The number of aryl methyl sites for hydroxylation is 1. The SMILES string of the molecule is CCc1ccc(Oc2cccc(F)c2[C@@H](C)N)cc1. The zero-order valence-corrected chi connectivity index (χ0v) is 11.2. The van der Waals surface area contributed by atoms with E-state index in [2.05, 4.69) is 6.92 Å². The highest BCUT2D eigenvalue weighted by atomic mass is 19.1. The van der Waals surface area contributed by atoms with Gasteiger partial charge in [0.2, 0.25) is 0 Å². The minimum Gasteiger partial charge on any atom is -0.457 e. The van der Waals surface area contributed by atoms with E-state index in [1.165, 1.54) is 11.6 Å². The predicted molar refractivity (Wildman–Crippen MR) is 74.9 cm³/mol. The summed E-state index contributed by atoms with van der Waals surface area (Å²) in [5, 5.41) is 0. The van der Waals surface area contributed by atoms with E-state index in [9.17, 15) is 4.39 Å². The maximum absolute atomic E-state index is 13.8. The fourth-order valence-electron chi connectivity index (χ4n) is 1.97. The monoisotopic (exact) mass is 259 g/mol. The van der Waals surface area contributed by atoms with Gasteiger partial charge in [-0.25, -0.2) is 4.39 Å². The van der Waals surface area contributed by atoms with Crippen molar-refractivity contribution >= 4 is 0 Å². The summed E-state index contributed by atoms with van der Waals surface area (Å²) in [4.78, 5) is 0. The van der Waals surface area contributed by atoms with E-state index in [-0.39, 0.29) is 5.82 Å². The Balaban J connectivity index is 2.29. The van der Waals surface area contributed by atoms with Gasteiger partial charge >= 0.3 is 0 Å². The third-order valence-electron chi connectivity index (χ3n) is 3.03. The zero-order valence-electron chi connectivity index (χ0n) is 11.2. The second-order valence-electron chi connectivity index (χ2n) is 4.54. The van der Waals surface area contributed by atoms with Crippen LogP contribution in [0.15, 0.2) is 42.5 Å². The van der Waals surface area contributed by atoms with Crippen LogP contribution in [0.2, 0.25) is 0 Å². The summed E-state index contributed by atoms with van der Waals surface area (Å²) >= 11 is 0. The van der Waals surface area contributed by atoms with Gasteiger partial charge in [0.05, 0.1) is 0 Å². The molecule has 2 nitrogen and oxygen atoms in total. The summed E-state index contributed by atoms with van der Waals surface area (Å²) in [5.41, 5.74) is 7.43. The fraction of sp³-hybridized carbons (Fsp3) is 0.250. The topological polar surface area (TPSA) is 35.2 Å². The highest BCUT2D eigenvalue weighted by molar-refractivity contribution is 5.40. The molecular formula is C16H18FNO. The molecule has 2 rings (SSSR count). The summed E-state index contributed by atoms with van der Waals surface area (Å²) in [6.07, 6.45) is 0.978. The van der Waals surface area contributed by atoms with Crippen LogP contribution in [0.3, 0.4) is 0 Å². The van der Waals surface area contributed by atoms with Gasteiger partial charge in [0.25, 0.3) is 0 Å². The number of halogens is 1. The van der Waals surface area contributed by atoms with Gasteiger partial charge in [-0.05, 0) is 43.2 Å². The van der Waals surface area contributed by atoms with Gasteiger partial charge < -0.3 is 10.5 Å². The minimum atomic E-state index is -0.411. The Hall–Kier alpha value is -1.87. The maximum atomic E-state index is 13.8. The molecule has 1 atom stereocenters. The van der Waals surface area contributed by atoms with Crippen LogP contribution in [0, 0.1) is 5.82 Å². The zero-order chi connectivity index (χ0) is 13.8. The first-order valence-corrected chi connectivity index (χ1v) is 6.42. The number of benzene rings is 2. The number of hydrogen-bond donors (Lipinski definition) is 1. The molecule has 0 saturated heterocycles. The summed E-state index contributed by atoms with van der Waals surface area (Å²) in [5.74, 6) is 0.821. The number of nitrogens with two attached hydrogens (primary N) is 1. The van der Waals surface area contributed by atoms with Crippen LogP contribution >= 0.6 is 0 Å². The maximum Gasteiger partial charge on any atom is 0.135 e. The predicted octanol–water partition coefficient (Wildman–Crippen LogP) is 4.20. The van der Waals surface area contributed by atoms with Crippen molar-refractivity contribution in [3.63, 3.8) is 0 Å². The highest BCUT2D eigenvalue weighted by Crippen LogP contribution is 2.30. The molecule has 3 heteroatoms. The van der Waals surface area contributed by atoms with Crippen molar-refractivity contribution < 1.29 is 9.13 Å². The Morgan fingerprint density at radius 2 is 1.84 bits per heavy atom. The van der Waals surface area contributed by atoms with Crippen LogP contribution in [-0.2, 0) is 6.42 Å². The van der Waals surface area contributed by atoms with Crippen molar-refractivity contribution in [1.29, 1.82) is 0 Å². The number of ether oxygens (including phenoxy) is 1. The summed E-state index contributed by atoms with van der Waals surface area (Å²) < 4.78 is 19.5. The molecule has 0 bridgehead atoms. The van der Waals surface area contributed by atoms with Crippen molar-refractivity contribution in [3.05, 3.63) is 59.4 Å². The largest absolute Gasteiger partial charge is 0.457 e. The van der Waals surface area contributed by atoms with E-state index >= 15 is 0 Å². The van der Waals surface area contributed by atoms with Crippen LogP contribution < -0.4 is 10.5 Å². The second-order valence-corrected chi connectivity index (χ2v) is 4.54. The normalized spacial score (nSPS) is 12.2. The Morgan fingerprint density at radius 3 is 2.42 bits per heavy atom. The molecule has 2 aromatic rings. The molecule has 0 unspecified atom stereocenters. The molecule has 0 spiro atoms. The molecule has 0 aromatic heterocycles. The second kappa shape index (κ2) is 5.85. The first kappa shape index (κ1) is 13.6. The molecular weight excluding hydrogens is 241 g/mol. The van der Waals surface area contributed by atoms with E-state index in [0.717, 1.165) is 6.42 Å². The molecule has 0 aliphatic rings. The van der Waals surface area contributed by atoms with Crippen LogP contribution in [0.5, 0.6) is 11.5 Å². The Labute approximate surface area is 113 Å². The summed E-state index contributed by atoms with van der Waals surface area (Å²) in [7, 11) is 0. The Kier molecular flexibility index (Phi) is 4.17. The lowest BCUT2D eigenvalue weighted by atomic mass is 10.1. The van der Waals surface area contributed by atoms with Crippen molar-refractivity contribution in [2.75, 3.05) is 0 Å². The van der Waals surface area contributed by atoms with E-state index in [1.807, 2.05) is 24.3 Å². The molecule has 100 valence electrons. The third-order valence-corrected chi connectivity index (χ3v) is 3.03. The smallest absolute Gasteiger partial charge is 0.135 e. The lowest BCUT2D eigenvalue weighted by Crippen LogP contribution is -2.09. The van der Waals surface area contributed by atoms with Crippen LogP contribution in [-0.4, -0.2) is 0 Å². The standard InChI is InChI=1S/C16H18FNO/c1-3-12-7-9-13(10-8-12)19-15-6-4-5-14(17)16(15)11(2)18/h4-11H,3,18H2,1-2H3/t11-/m1/s1. The number of rotatable bonds is 4. The average Bonchev–Trinajstić information content (AvgIpc) is 2.39. The summed E-state index contributed by atoms with van der Waals surface area (Å²) in [6, 6.07) is 12.1. The summed E-state index contributed by atoms with van der Waals surface area (Å²) in [6.45, 7) is 3.84. The highest BCUT2D eigenvalue weighted by Gasteiger charge is 2.14. The minimum absolute atomic E-state index is 0.335. The molecule has 0 fully saturated rings. The lowest BCUT2D eigenvalue weighted by Gasteiger charge is -2.14. The van der Waals surface area contributed by atoms with Crippen LogP contribution in [0.25, 0.3) is 0 Å². The first-order chi connectivity index (χ1) is 9.11. The molecule has 2 aromatic carbocycles. The van der Waals surface area contributed by atoms with Gasteiger partial charge in [0.15, 0.2) is 0 Å². The Bertz CT molecular complexity index is 549. The molecule has 0 aliphatic heterocycles. The van der Waals surface area contributed by atoms with Crippen LogP contribution in [0.4, 0.5) is 4.39 Å². The van der Waals surface area contributed by atoms with E-state index in [4.69, 9.17) is 10.5 Å². The van der Waals surface area contributed by atoms with Gasteiger partial charge in [0.1, 0.15) is 17.3 Å². The van der Waals surface area contributed by atoms with Crippen molar-refractivity contribution in [2.24, 2.45) is 5.73 Å². The van der Waals surface area contributed by atoms with Gasteiger partial charge in [0, 0.05) is 11.6 Å². The molecule has 0 heterocycles. The van der Waals surface area contributed by atoms with Gasteiger partial charge in [-0.2, -0.15) is 0 Å². The van der Waals surface area contributed by atoms with Gasteiger partial charge in [-0.3, -0.25) is 0 Å². The first-order valence-electron chi connectivity index (χ1n) is 6.42.